The summed E-state index contributed by atoms with van der Waals surface area (Å²) in [4.78, 5) is 29.3. The monoisotopic (exact) mass is 431 g/mol. The van der Waals surface area contributed by atoms with Gasteiger partial charge in [-0.1, -0.05) is 18.9 Å². The van der Waals surface area contributed by atoms with Gasteiger partial charge >= 0.3 is 0 Å². The van der Waals surface area contributed by atoms with E-state index in [1.807, 2.05) is 18.5 Å². The maximum absolute atomic E-state index is 12.9. The molecular formula is C24H29N7O. The molecule has 32 heavy (non-hydrogen) atoms. The standard InChI is InChI=1S/C24H29N7O/c32-22-24(9-12-26-22)13-18-15-28-23(30-21(18)31(24)19-3-1-2-4-19)29-20-6-5-17(14-27-20)16-7-10-25-11-8-16/h5-7,14-15,19,25H,1-4,8-13H2,(H,26,32)(H,27,28,29,30). The minimum atomic E-state index is -0.493. The van der Waals surface area contributed by atoms with Gasteiger partial charge in [0.25, 0.3) is 0 Å². The zero-order valence-corrected chi connectivity index (χ0v) is 18.2. The summed E-state index contributed by atoms with van der Waals surface area (Å²) in [5, 5.41) is 9.68. The van der Waals surface area contributed by atoms with Crippen molar-refractivity contribution in [1.29, 1.82) is 0 Å². The maximum Gasteiger partial charge on any atom is 0.246 e. The lowest BCUT2D eigenvalue weighted by Gasteiger charge is -2.38. The minimum absolute atomic E-state index is 0.140. The smallest absolute Gasteiger partial charge is 0.246 e. The van der Waals surface area contributed by atoms with Crippen molar-refractivity contribution in [2.45, 2.75) is 56.5 Å². The van der Waals surface area contributed by atoms with Crippen LogP contribution < -0.4 is 20.9 Å². The highest BCUT2D eigenvalue weighted by Crippen LogP contribution is 2.46. The summed E-state index contributed by atoms with van der Waals surface area (Å²) in [5.74, 6) is 2.31. The number of nitrogens with zero attached hydrogens (tertiary/aromatic N) is 4. The summed E-state index contributed by atoms with van der Waals surface area (Å²) in [6, 6.07) is 4.45. The van der Waals surface area contributed by atoms with E-state index in [4.69, 9.17) is 4.98 Å². The zero-order chi connectivity index (χ0) is 21.5. The third-order valence-electron chi connectivity index (χ3n) is 7.39. The summed E-state index contributed by atoms with van der Waals surface area (Å²) >= 11 is 0. The molecule has 2 aromatic heterocycles. The molecule has 0 aromatic carbocycles. The lowest BCUT2D eigenvalue weighted by molar-refractivity contribution is -0.123. The number of nitrogens with one attached hydrogen (secondary N) is 3. The van der Waals surface area contributed by atoms with Gasteiger partial charge in [0.05, 0.1) is 0 Å². The average molecular weight is 432 g/mol. The van der Waals surface area contributed by atoms with Gasteiger partial charge in [-0.3, -0.25) is 4.79 Å². The molecule has 8 heteroatoms. The van der Waals surface area contributed by atoms with Gasteiger partial charge in [0, 0.05) is 43.5 Å². The predicted molar refractivity (Wildman–Crippen MR) is 124 cm³/mol. The van der Waals surface area contributed by atoms with E-state index >= 15 is 0 Å². The van der Waals surface area contributed by atoms with Crippen LogP contribution in [0.15, 0.2) is 30.6 Å². The molecule has 1 saturated carbocycles. The first-order valence-corrected chi connectivity index (χ1v) is 11.8. The SMILES string of the molecule is O=C1NCCC12Cc1cnc(Nc3ccc(C4=CCNCC4)cn3)nc1N2C1CCCC1. The number of hydrogen-bond acceptors (Lipinski definition) is 7. The lowest BCUT2D eigenvalue weighted by atomic mass is 9.91. The molecule has 1 amide bonds. The Balaban J connectivity index is 1.27. The molecule has 1 spiro atoms. The van der Waals surface area contributed by atoms with Crippen LogP contribution in [0, 0.1) is 0 Å². The molecule has 166 valence electrons. The zero-order valence-electron chi connectivity index (χ0n) is 18.2. The molecule has 1 saturated heterocycles. The second kappa shape index (κ2) is 7.85. The molecule has 0 bridgehead atoms. The van der Waals surface area contributed by atoms with Crippen molar-refractivity contribution in [2.24, 2.45) is 0 Å². The number of fused-ring (bicyclic) bond motifs is 1. The second-order valence-corrected chi connectivity index (χ2v) is 9.31. The lowest BCUT2D eigenvalue weighted by Crippen LogP contribution is -2.56. The Morgan fingerprint density at radius 3 is 2.75 bits per heavy atom. The Morgan fingerprint density at radius 1 is 1.12 bits per heavy atom. The van der Waals surface area contributed by atoms with Crippen molar-refractivity contribution in [1.82, 2.24) is 25.6 Å². The first-order chi connectivity index (χ1) is 15.7. The van der Waals surface area contributed by atoms with Gasteiger partial charge in [0.1, 0.15) is 17.2 Å². The van der Waals surface area contributed by atoms with Crippen LogP contribution in [0.25, 0.3) is 5.57 Å². The molecule has 2 aromatic rings. The molecule has 1 aliphatic carbocycles. The molecule has 6 rings (SSSR count). The van der Waals surface area contributed by atoms with Crippen LogP contribution in [0.1, 0.15) is 49.7 Å². The first-order valence-electron chi connectivity index (χ1n) is 11.8. The number of carbonyl (C=O) groups excluding carboxylic acids is 1. The van der Waals surface area contributed by atoms with Gasteiger partial charge in [-0.15, -0.1) is 0 Å². The molecule has 3 aliphatic heterocycles. The predicted octanol–water partition coefficient (Wildman–Crippen LogP) is 2.56. The average Bonchev–Trinajstić information content (AvgIpc) is 3.55. The van der Waals surface area contributed by atoms with Gasteiger partial charge in [-0.25, -0.2) is 9.97 Å². The Labute approximate surface area is 187 Å². The van der Waals surface area contributed by atoms with Gasteiger partial charge in [0.15, 0.2) is 0 Å². The quantitative estimate of drug-likeness (QED) is 0.685. The molecule has 1 unspecified atom stereocenters. The highest BCUT2D eigenvalue weighted by molar-refractivity contribution is 5.94. The number of carbonyl (C=O) groups is 1. The van der Waals surface area contributed by atoms with Crippen LogP contribution >= 0.6 is 0 Å². The fourth-order valence-corrected chi connectivity index (χ4v) is 5.80. The molecule has 8 nitrogen and oxygen atoms in total. The van der Waals surface area contributed by atoms with Crippen molar-refractivity contribution in [3.05, 3.63) is 41.7 Å². The first kappa shape index (κ1) is 19.7. The topological polar surface area (TPSA) is 95.1 Å². The van der Waals surface area contributed by atoms with Gasteiger partial charge < -0.3 is 20.9 Å². The Kier molecular flexibility index (Phi) is 4.82. The summed E-state index contributed by atoms with van der Waals surface area (Å²) < 4.78 is 0. The number of hydrogen-bond donors (Lipinski definition) is 3. The van der Waals surface area contributed by atoms with Crippen LogP contribution in [0.2, 0.25) is 0 Å². The van der Waals surface area contributed by atoms with E-state index < -0.39 is 5.54 Å². The summed E-state index contributed by atoms with van der Waals surface area (Å²) in [5.41, 5.74) is 3.07. The number of rotatable bonds is 4. The largest absolute Gasteiger partial charge is 0.354 e. The van der Waals surface area contributed by atoms with Gasteiger partial charge in [0.2, 0.25) is 11.9 Å². The Morgan fingerprint density at radius 2 is 2.03 bits per heavy atom. The third kappa shape index (κ3) is 3.24. The highest BCUT2D eigenvalue weighted by atomic mass is 16.2. The normalized spacial score (nSPS) is 25.2. The van der Waals surface area contributed by atoms with Crippen molar-refractivity contribution >= 4 is 29.1 Å². The van der Waals surface area contributed by atoms with E-state index in [2.05, 4.69) is 43.0 Å². The number of aromatic nitrogens is 3. The fourth-order valence-electron chi connectivity index (χ4n) is 5.80. The van der Waals surface area contributed by atoms with Crippen LogP contribution in [0.4, 0.5) is 17.6 Å². The van der Waals surface area contributed by atoms with E-state index in [0.717, 1.165) is 68.1 Å². The second-order valence-electron chi connectivity index (χ2n) is 9.31. The third-order valence-corrected chi connectivity index (χ3v) is 7.39. The molecule has 5 heterocycles. The van der Waals surface area contributed by atoms with Crippen LogP contribution in [-0.2, 0) is 11.2 Å². The fraction of sp³-hybridized carbons (Fsp3) is 0.500. The summed E-state index contributed by atoms with van der Waals surface area (Å²) in [6.07, 6.45) is 13.2. The summed E-state index contributed by atoms with van der Waals surface area (Å²) in [6.45, 7) is 2.65. The molecule has 2 fully saturated rings. The van der Waals surface area contributed by atoms with E-state index in [0.29, 0.717) is 18.4 Å². The van der Waals surface area contributed by atoms with Crippen LogP contribution in [0.5, 0.6) is 0 Å². The van der Waals surface area contributed by atoms with E-state index in [9.17, 15) is 4.79 Å². The van der Waals surface area contributed by atoms with Crippen molar-refractivity contribution < 1.29 is 4.79 Å². The van der Waals surface area contributed by atoms with Crippen molar-refractivity contribution in [3.63, 3.8) is 0 Å². The number of pyridine rings is 1. The maximum atomic E-state index is 12.9. The minimum Gasteiger partial charge on any atom is -0.354 e. The van der Waals surface area contributed by atoms with Gasteiger partial charge in [-0.05, 0) is 55.5 Å². The van der Waals surface area contributed by atoms with Crippen molar-refractivity contribution in [2.75, 3.05) is 29.9 Å². The molecule has 4 aliphatic rings. The van der Waals surface area contributed by atoms with Crippen molar-refractivity contribution in [3.8, 4) is 0 Å². The van der Waals surface area contributed by atoms with Crippen LogP contribution in [0.3, 0.4) is 0 Å². The van der Waals surface area contributed by atoms with E-state index in [1.54, 1.807) is 0 Å². The van der Waals surface area contributed by atoms with Gasteiger partial charge in [-0.2, -0.15) is 4.98 Å². The number of anilines is 3. The highest BCUT2D eigenvalue weighted by Gasteiger charge is 2.55. The van der Waals surface area contributed by atoms with E-state index in [1.165, 1.54) is 18.4 Å². The summed E-state index contributed by atoms with van der Waals surface area (Å²) in [7, 11) is 0. The molecule has 3 N–H and O–H groups in total. The van der Waals surface area contributed by atoms with E-state index in [-0.39, 0.29) is 5.91 Å². The Hall–Kier alpha value is -3.00. The molecule has 0 radical (unpaired) electrons. The number of amides is 1. The molecular weight excluding hydrogens is 402 g/mol. The Bertz CT molecular complexity index is 1060. The molecule has 1 atom stereocenters. The van der Waals surface area contributed by atoms with Crippen LogP contribution in [-0.4, -0.2) is 52.1 Å².